The van der Waals surface area contributed by atoms with E-state index in [4.69, 9.17) is 0 Å². The molecular weight excluding hydrogens is 222 g/mol. The van der Waals surface area contributed by atoms with E-state index < -0.39 is 0 Å². The SMILES string of the molecule is CCCNC(CCC)CN1CCN2CCCC2C1. The minimum Gasteiger partial charge on any atom is -0.313 e. The third kappa shape index (κ3) is 3.94. The molecule has 0 aromatic carbocycles. The molecule has 0 spiro atoms. The standard InChI is InChI=1S/C15H31N3/c1-3-6-14(16-8-4-2)12-17-10-11-18-9-5-7-15(18)13-17/h14-16H,3-13H2,1-2H3. The van der Waals surface area contributed by atoms with Crippen LogP contribution in [0.4, 0.5) is 0 Å². The lowest BCUT2D eigenvalue weighted by atomic mass is 10.1. The Morgan fingerprint density at radius 3 is 2.83 bits per heavy atom. The second kappa shape index (κ2) is 7.46. The van der Waals surface area contributed by atoms with Crippen LogP contribution < -0.4 is 5.32 Å². The van der Waals surface area contributed by atoms with E-state index in [1.54, 1.807) is 0 Å². The van der Waals surface area contributed by atoms with Crippen LogP contribution >= 0.6 is 0 Å². The lowest BCUT2D eigenvalue weighted by Gasteiger charge is -2.39. The van der Waals surface area contributed by atoms with Crippen molar-refractivity contribution in [3.05, 3.63) is 0 Å². The minimum atomic E-state index is 0.711. The van der Waals surface area contributed by atoms with Crippen LogP contribution in [0.1, 0.15) is 46.0 Å². The van der Waals surface area contributed by atoms with E-state index in [0.717, 1.165) is 6.04 Å². The Bertz CT molecular complexity index is 232. The molecule has 0 amide bonds. The lowest BCUT2D eigenvalue weighted by molar-refractivity contribution is 0.0953. The molecule has 0 radical (unpaired) electrons. The van der Waals surface area contributed by atoms with Gasteiger partial charge >= 0.3 is 0 Å². The lowest BCUT2D eigenvalue weighted by Crippen LogP contribution is -2.53. The van der Waals surface area contributed by atoms with Gasteiger partial charge in [0.2, 0.25) is 0 Å². The summed E-state index contributed by atoms with van der Waals surface area (Å²) < 4.78 is 0. The fourth-order valence-electron chi connectivity index (χ4n) is 3.49. The van der Waals surface area contributed by atoms with Gasteiger partial charge in [-0.25, -0.2) is 0 Å². The van der Waals surface area contributed by atoms with Crippen molar-refractivity contribution in [3.8, 4) is 0 Å². The van der Waals surface area contributed by atoms with E-state index in [-0.39, 0.29) is 0 Å². The van der Waals surface area contributed by atoms with Crippen molar-refractivity contribution in [1.82, 2.24) is 15.1 Å². The molecule has 2 atom stereocenters. The summed E-state index contributed by atoms with van der Waals surface area (Å²) in [5, 5.41) is 3.72. The number of piperazine rings is 1. The molecule has 2 aliphatic rings. The van der Waals surface area contributed by atoms with Gasteiger partial charge in [-0.05, 0) is 38.8 Å². The number of nitrogens with zero attached hydrogens (tertiary/aromatic N) is 2. The molecule has 3 nitrogen and oxygen atoms in total. The monoisotopic (exact) mass is 253 g/mol. The molecule has 3 heteroatoms. The van der Waals surface area contributed by atoms with E-state index >= 15 is 0 Å². The Kier molecular flexibility index (Phi) is 5.93. The maximum atomic E-state index is 3.72. The maximum absolute atomic E-state index is 3.72. The van der Waals surface area contributed by atoms with Gasteiger partial charge in [0.1, 0.15) is 0 Å². The molecule has 106 valence electrons. The van der Waals surface area contributed by atoms with E-state index in [0.29, 0.717) is 6.04 Å². The van der Waals surface area contributed by atoms with E-state index in [1.807, 2.05) is 0 Å². The van der Waals surface area contributed by atoms with Crippen LogP contribution in [0, 0.1) is 0 Å². The Hall–Kier alpha value is -0.120. The van der Waals surface area contributed by atoms with E-state index in [9.17, 15) is 0 Å². The fourth-order valence-corrected chi connectivity index (χ4v) is 3.49. The Labute approximate surface area is 113 Å². The first-order valence-electron chi connectivity index (χ1n) is 8.03. The molecule has 2 rings (SSSR count). The zero-order valence-electron chi connectivity index (χ0n) is 12.3. The average molecular weight is 253 g/mol. The maximum Gasteiger partial charge on any atom is 0.0224 e. The van der Waals surface area contributed by atoms with Gasteiger partial charge in [-0.3, -0.25) is 9.80 Å². The van der Waals surface area contributed by atoms with Crippen molar-refractivity contribution in [3.63, 3.8) is 0 Å². The fraction of sp³-hybridized carbons (Fsp3) is 1.00. The van der Waals surface area contributed by atoms with Crippen molar-refractivity contribution in [2.24, 2.45) is 0 Å². The average Bonchev–Trinajstić information content (AvgIpc) is 2.83. The Morgan fingerprint density at radius 1 is 1.17 bits per heavy atom. The van der Waals surface area contributed by atoms with Gasteiger partial charge in [-0.15, -0.1) is 0 Å². The molecule has 0 aromatic rings. The summed E-state index contributed by atoms with van der Waals surface area (Å²) in [5.41, 5.74) is 0. The van der Waals surface area contributed by atoms with Crippen LogP contribution in [-0.4, -0.2) is 61.2 Å². The third-order valence-electron chi connectivity index (χ3n) is 4.47. The summed E-state index contributed by atoms with van der Waals surface area (Å²) in [6.07, 6.45) is 6.72. The minimum absolute atomic E-state index is 0.711. The van der Waals surface area contributed by atoms with Gasteiger partial charge in [-0.1, -0.05) is 20.3 Å². The van der Waals surface area contributed by atoms with Crippen LogP contribution in [0.15, 0.2) is 0 Å². The number of nitrogens with one attached hydrogen (secondary N) is 1. The molecule has 0 aromatic heterocycles. The summed E-state index contributed by atoms with van der Waals surface area (Å²) >= 11 is 0. The number of rotatable bonds is 7. The summed E-state index contributed by atoms with van der Waals surface area (Å²) in [6.45, 7) is 12.2. The molecule has 2 fully saturated rings. The molecule has 2 aliphatic heterocycles. The molecule has 0 saturated carbocycles. The highest BCUT2D eigenvalue weighted by molar-refractivity contribution is 4.88. The Morgan fingerprint density at radius 2 is 2.06 bits per heavy atom. The van der Waals surface area contributed by atoms with Gasteiger partial charge in [0.05, 0.1) is 0 Å². The zero-order valence-corrected chi connectivity index (χ0v) is 12.3. The highest BCUT2D eigenvalue weighted by Crippen LogP contribution is 2.21. The second-order valence-corrected chi connectivity index (χ2v) is 6.03. The normalized spacial score (nSPS) is 27.3. The molecular formula is C15H31N3. The van der Waals surface area contributed by atoms with Crippen LogP contribution in [0.3, 0.4) is 0 Å². The van der Waals surface area contributed by atoms with Crippen molar-refractivity contribution in [2.45, 2.75) is 58.0 Å². The molecule has 18 heavy (non-hydrogen) atoms. The first kappa shape index (κ1) is 14.3. The third-order valence-corrected chi connectivity index (χ3v) is 4.47. The van der Waals surface area contributed by atoms with E-state index in [2.05, 4.69) is 29.0 Å². The largest absolute Gasteiger partial charge is 0.313 e. The first-order valence-corrected chi connectivity index (χ1v) is 8.03. The van der Waals surface area contributed by atoms with Crippen LogP contribution in [-0.2, 0) is 0 Å². The molecule has 0 bridgehead atoms. The number of fused-ring (bicyclic) bond motifs is 1. The van der Waals surface area contributed by atoms with Gasteiger partial charge in [0.15, 0.2) is 0 Å². The van der Waals surface area contributed by atoms with Crippen LogP contribution in [0.25, 0.3) is 0 Å². The van der Waals surface area contributed by atoms with Crippen LogP contribution in [0.2, 0.25) is 0 Å². The zero-order chi connectivity index (χ0) is 12.8. The molecule has 2 saturated heterocycles. The summed E-state index contributed by atoms with van der Waals surface area (Å²) in [7, 11) is 0. The number of hydrogen-bond acceptors (Lipinski definition) is 3. The molecule has 2 unspecified atom stereocenters. The molecule has 0 aliphatic carbocycles. The second-order valence-electron chi connectivity index (χ2n) is 6.03. The van der Waals surface area contributed by atoms with Crippen molar-refractivity contribution >= 4 is 0 Å². The van der Waals surface area contributed by atoms with E-state index in [1.165, 1.54) is 71.4 Å². The van der Waals surface area contributed by atoms with Crippen molar-refractivity contribution in [2.75, 3.05) is 39.3 Å². The number of hydrogen-bond donors (Lipinski definition) is 1. The highest BCUT2D eigenvalue weighted by atomic mass is 15.3. The van der Waals surface area contributed by atoms with Gasteiger partial charge in [-0.2, -0.15) is 0 Å². The topological polar surface area (TPSA) is 18.5 Å². The van der Waals surface area contributed by atoms with Gasteiger partial charge in [0.25, 0.3) is 0 Å². The van der Waals surface area contributed by atoms with Gasteiger partial charge in [0, 0.05) is 38.3 Å². The van der Waals surface area contributed by atoms with Crippen molar-refractivity contribution in [1.29, 1.82) is 0 Å². The summed E-state index contributed by atoms with van der Waals surface area (Å²) in [4.78, 5) is 5.40. The quantitative estimate of drug-likeness (QED) is 0.748. The van der Waals surface area contributed by atoms with Crippen LogP contribution in [0.5, 0.6) is 0 Å². The Balaban J connectivity index is 1.75. The molecule has 1 N–H and O–H groups in total. The highest BCUT2D eigenvalue weighted by Gasteiger charge is 2.30. The van der Waals surface area contributed by atoms with Gasteiger partial charge < -0.3 is 5.32 Å². The summed E-state index contributed by atoms with van der Waals surface area (Å²) in [5.74, 6) is 0. The summed E-state index contributed by atoms with van der Waals surface area (Å²) in [6, 6.07) is 1.58. The van der Waals surface area contributed by atoms with Crippen molar-refractivity contribution < 1.29 is 0 Å². The smallest absolute Gasteiger partial charge is 0.0224 e. The first-order chi connectivity index (χ1) is 8.83. The molecule has 2 heterocycles. The predicted octanol–water partition coefficient (Wildman–Crippen LogP) is 1.93. The predicted molar refractivity (Wildman–Crippen MR) is 78.0 cm³/mol.